The molecule has 0 saturated carbocycles. The summed E-state index contributed by atoms with van der Waals surface area (Å²) in [5.41, 5.74) is 1.32. The predicted molar refractivity (Wildman–Crippen MR) is 93.8 cm³/mol. The molecule has 1 amide bonds. The van der Waals surface area contributed by atoms with Crippen molar-refractivity contribution in [3.05, 3.63) is 34.3 Å². The van der Waals surface area contributed by atoms with Crippen molar-refractivity contribution in [2.24, 2.45) is 0 Å². The van der Waals surface area contributed by atoms with E-state index in [1.54, 1.807) is 0 Å². The van der Waals surface area contributed by atoms with Crippen LogP contribution < -0.4 is 0 Å². The molecule has 0 bridgehead atoms. The Morgan fingerprint density at radius 2 is 1.86 bits per heavy atom. The number of halogens is 1. The van der Waals surface area contributed by atoms with Crippen LogP contribution in [0, 0.1) is 0 Å². The first-order valence-corrected chi connectivity index (χ1v) is 8.88. The van der Waals surface area contributed by atoms with E-state index in [-0.39, 0.29) is 5.91 Å². The van der Waals surface area contributed by atoms with E-state index in [4.69, 9.17) is 0 Å². The van der Waals surface area contributed by atoms with Crippen molar-refractivity contribution in [3.8, 4) is 0 Å². The maximum absolute atomic E-state index is 12.3. The van der Waals surface area contributed by atoms with E-state index < -0.39 is 0 Å². The number of carbonyl (C=O) groups is 1. The molecule has 0 unspecified atom stereocenters. The second-order valence-corrected chi connectivity index (χ2v) is 6.66. The lowest BCUT2D eigenvalue weighted by Gasteiger charge is -2.35. The van der Waals surface area contributed by atoms with Crippen LogP contribution in [0.2, 0.25) is 0 Å². The Hall–Kier alpha value is -0.910. The normalized spacial score (nSPS) is 16.3. The number of hydrogen-bond acceptors (Lipinski definition) is 3. The third-order valence-electron chi connectivity index (χ3n) is 4.27. The van der Waals surface area contributed by atoms with Gasteiger partial charge in [-0.2, -0.15) is 0 Å². The van der Waals surface area contributed by atoms with Crippen molar-refractivity contribution in [1.82, 2.24) is 14.7 Å². The molecule has 122 valence electrons. The van der Waals surface area contributed by atoms with Gasteiger partial charge in [0.05, 0.1) is 6.54 Å². The number of benzene rings is 1. The summed E-state index contributed by atoms with van der Waals surface area (Å²) in [4.78, 5) is 18.9. The minimum Gasteiger partial charge on any atom is -0.339 e. The highest BCUT2D eigenvalue weighted by Crippen LogP contribution is 2.14. The average molecular weight is 368 g/mol. The van der Waals surface area contributed by atoms with Crippen molar-refractivity contribution >= 4 is 21.8 Å². The van der Waals surface area contributed by atoms with Gasteiger partial charge < -0.3 is 4.90 Å². The zero-order chi connectivity index (χ0) is 15.9. The fraction of sp³-hybridized carbons (Fsp3) is 0.588. The van der Waals surface area contributed by atoms with E-state index in [2.05, 4.69) is 57.8 Å². The molecular formula is C17H26BrN3O. The molecule has 1 saturated heterocycles. The molecule has 22 heavy (non-hydrogen) atoms. The molecule has 0 aliphatic carbocycles. The van der Waals surface area contributed by atoms with Gasteiger partial charge in [-0.25, -0.2) is 0 Å². The number of hydrogen-bond donors (Lipinski definition) is 0. The zero-order valence-corrected chi connectivity index (χ0v) is 15.2. The molecule has 0 atom stereocenters. The monoisotopic (exact) mass is 367 g/mol. The van der Waals surface area contributed by atoms with Gasteiger partial charge in [0.2, 0.25) is 5.91 Å². The van der Waals surface area contributed by atoms with E-state index in [1.807, 2.05) is 11.0 Å². The van der Waals surface area contributed by atoms with Crippen LogP contribution in [0.3, 0.4) is 0 Å². The highest BCUT2D eigenvalue weighted by molar-refractivity contribution is 9.10. The fourth-order valence-corrected chi connectivity index (χ4v) is 3.23. The van der Waals surface area contributed by atoms with Crippen molar-refractivity contribution in [2.75, 3.05) is 45.8 Å². The molecule has 0 spiro atoms. The highest BCUT2D eigenvalue weighted by atomic mass is 79.9. The number of nitrogens with zero attached hydrogens (tertiary/aromatic N) is 3. The second kappa shape index (κ2) is 8.65. The standard InChI is InChI=1S/C17H26BrN3O/c1-3-19(4-2)14-17(22)21-10-8-20(9-11-21)13-15-6-5-7-16(18)12-15/h5-7,12H,3-4,8-11,13-14H2,1-2H3. The van der Waals surface area contributed by atoms with Crippen molar-refractivity contribution in [1.29, 1.82) is 0 Å². The van der Waals surface area contributed by atoms with E-state index in [0.29, 0.717) is 6.54 Å². The third kappa shape index (κ3) is 5.07. The first kappa shape index (κ1) is 17.4. The van der Waals surface area contributed by atoms with Crippen LogP contribution in [-0.2, 0) is 11.3 Å². The van der Waals surface area contributed by atoms with E-state index >= 15 is 0 Å². The first-order chi connectivity index (χ1) is 10.6. The lowest BCUT2D eigenvalue weighted by atomic mass is 10.2. The minimum absolute atomic E-state index is 0.269. The summed E-state index contributed by atoms with van der Waals surface area (Å²) < 4.78 is 1.12. The smallest absolute Gasteiger partial charge is 0.236 e. The fourth-order valence-electron chi connectivity index (χ4n) is 2.79. The molecule has 1 fully saturated rings. The molecule has 2 rings (SSSR count). The molecule has 1 aliphatic heterocycles. The highest BCUT2D eigenvalue weighted by Gasteiger charge is 2.22. The maximum atomic E-state index is 12.3. The Morgan fingerprint density at radius 3 is 2.45 bits per heavy atom. The number of likely N-dealkylation sites (N-methyl/N-ethyl adjacent to an activating group) is 1. The molecule has 4 nitrogen and oxygen atoms in total. The van der Waals surface area contributed by atoms with Crippen LogP contribution in [0.25, 0.3) is 0 Å². The molecule has 5 heteroatoms. The second-order valence-electron chi connectivity index (χ2n) is 5.75. The van der Waals surface area contributed by atoms with Gasteiger partial charge in [-0.15, -0.1) is 0 Å². The lowest BCUT2D eigenvalue weighted by Crippen LogP contribution is -2.50. The summed E-state index contributed by atoms with van der Waals surface area (Å²) in [5, 5.41) is 0. The minimum atomic E-state index is 0.269. The van der Waals surface area contributed by atoms with E-state index in [0.717, 1.165) is 50.3 Å². The molecule has 0 N–H and O–H groups in total. The Kier molecular flexibility index (Phi) is 6.86. The Bertz CT molecular complexity index is 483. The van der Waals surface area contributed by atoms with Crippen molar-refractivity contribution in [3.63, 3.8) is 0 Å². The van der Waals surface area contributed by atoms with Gasteiger partial charge in [-0.05, 0) is 30.8 Å². The number of carbonyl (C=O) groups excluding carboxylic acids is 1. The zero-order valence-electron chi connectivity index (χ0n) is 13.6. The number of rotatable bonds is 6. The first-order valence-electron chi connectivity index (χ1n) is 8.09. The van der Waals surface area contributed by atoms with Crippen molar-refractivity contribution in [2.45, 2.75) is 20.4 Å². The van der Waals surface area contributed by atoms with Gasteiger partial charge in [0, 0.05) is 37.2 Å². The third-order valence-corrected chi connectivity index (χ3v) is 4.77. The van der Waals surface area contributed by atoms with Gasteiger partial charge in [-0.1, -0.05) is 41.9 Å². The Balaban J connectivity index is 1.79. The molecular weight excluding hydrogens is 342 g/mol. The SMILES string of the molecule is CCN(CC)CC(=O)N1CCN(Cc2cccc(Br)c2)CC1. The van der Waals surface area contributed by atoms with Gasteiger partial charge in [0.1, 0.15) is 0 Å². The summed E-state index contributed by atoms with van der Waals surface area (Å²) in [5.74, 6) is 0.269. The Labute approximate surface area is 142 Å². The topological polar surface area (TPSA) is 26.8 Å². The van der Waals surface area contributed by atoms with Crippen LogP contribution >= 0.6 is 15.9 Å². The van der Waals surface area contributed by atoms with Gasteiger partial charge >= 0.3 is 0 Å². The largest absolute Gasteiger partial charge is 0.339 e. The summed E-state index contributed by atoms with van der Waals surface area (Å²) in [7, 11) is 0. The van der Waals surface area contributed by atoms with E-state index in [1.165, 1.54) is 5.56 Å². The molecule has 1 aliphatic rings. The van der Waals surface area contributed by atoms with Gasteiger partial charge in [0.15, 0.2) is 0 Å². The van der Waals surface area contributed by atoms with Gasteiger partial charge in [-0.3, -0.25) is 14.6 Å². The molecule has 1 aromatic rings. The summed E-state index contributed by atoms with van der Waals surface area (Å²) in [6.45, 7) is 11.2. The summed E-state index contributed by atoms with van der Waals surface area (Å²) in [6.07, 6.45) is 0. The number of amides is 1. The molecule has 1 aromatic carbocycles. The predicted octanol–water partition coefficient (Wildman–Crippen LogP) is 2.44. The quantitative estimate of drug-likeness (QED) is 0.772. The van der Waals surface area contributed by atoms with Crippen LogP contribution in [0.5, 0.6) is 0 Å². The van der Waals surface area contributed by atoms with E-state index in [9.17, 15) is 4.79 Å². The summed E-state index contributed by atoms with van der Waals surface area (Å²) >= 11 is 3.52. The number of piperazine rings is 1. The molecule has 0 radical (unpaired) electrons. The molecule has 0 aromatic heterocycles. The van der Waals surface area contributed by atoms with Crippen LogP contribution in [0.15, 0.2) is 28.7 Å². The van der Waals surface area contributed by atoms with Crippen LogP contribution in [-0.4, -0.2) is 66.4 Å². The van der Waals surface area contributed by atoms with Crippen LogP contribution in [0.4, 0.5) is 0 Å². The lowest BCUT2D eigenvalue weighted by molar-refractivity contribution is -0.134. The van der Waals surface area contributed by atoms with Gasteiger partial charge in [0.25, 0.3) is 0 Å². The van der Waals surface area contributed by atoms with Crippen LogP contribution in [0.1, 0.15) is 19.4 Å². The maximum Gasteiger partial charge on any atom is 0.236 e. The summed E-state index contributed by atoms with van der Waals surface area (Å²) in [6, 6.07) is 8.44. The molecule has 1 heterocycles. The Morgan fingerprint density at radius 1 is 1.18 bits per heavy atom. The average Bonchev–Trinajstić information content (AvgIpc) is 2.53. The van der Waals surface area contributed by atoms with Crippen molar-refractivity contribution < 1.29 is 4.79 Å².